The molecular formula is C11H13BrN4O2S. The first-order chi connectivity index (χ1) is 9.08. The minimum Gasteiger partial charge on any atom is -0.263 e. The normalized spacial score (nSPS) is 11.6. The molecule has 1 heterocycles. The van der Waals surface area contributed by atoms with Crippen molar-refractivity contribution >= 4 is 26.0 Å². The molecule has 102 valence electrons. The number of nitrogens with zero attached hydrogens (tertiary/aromatic N) is 2. The number of hydrogen-bond acceptors (Lipinski definition) is 4. The van der Waals surface area contributed by atoms with Gasteiger partial charge in [0.2, 0.25) is 10.0 Å². The van der Waals surface area contributed by atoms with E-state index >= 15 is 0 Å². The molecule has 2 rings (SSSR count). The van der Waals surface area contributed by atoms with Gasteiger partial charge in [-0.25, -0.2) is 18.1 Å². The highest BCUT2D eigenvalue weighted by Gasteiger charge is 2.13. The van der Waals surface area contributed by atoms with E-state index in [9.17, 15) is 8.42 Å². The lowest BCUT2D eigenvalue weighted by Gasteiger charge is -2.06. The summed E-state index contributed by atoms with van der Waals surface area (Å²) in [5.74, 6) is 0.752. The maximum absolute atomic E-state index is 12.0. The van der Waals surface area contributed by atoms with E-state index in [4.69, 9.17) is 0 Å². The van der Waals surface area contributed by atoms with Crippen molar-refractivity contribution in [1.29, 1.82) is 0 Å². The average molecular weight is 345 g/mol. The third-order valence-corrected chi connectivity index (χ3v) is 4.41. The average Bonchev–Trinajstić information content (AvgIpc) is 2.88. The van der Waals surface area contributed by atoms with Gasteiger partial charge >= 0.3 is 0 Å². The lowest BCUT2D eigenvalue weighted by atomic mass is 10.3. The van der Waals surface area contributed by atoms with Crippen LogP contribution in [0.4, 0.5) is 0 Å². The van der Waals surface area contributed by atoms with E-state index in [-0.39, 0.29) is 4.90 Å². The second-order valence-corrected chi connectivity index (χ2v) is 6.57. The van der Waals surface area contributed by atoms with Crippen molar-refractivity contribution in [3.05, 3.63) is 40.9 Å². The minimum absolute atomic E-state index is 0.251. The molecule has 0 radical (unpaired) electrons. The Balaban J connectivity index is 1.88. The fourth-order valence-corrected chi connectivity index (χ4v) is 3.20. The summed E-state index contributed by atoms with van der Waals surface area (Å²) in [6.07, 6.45) is 2.74. The molecule has 0 aliphatic carbocycles. The summed E-state index contributed by atoms with van der Waals surface area (Å²) in [5.41, 5.74) is 0. The van der Waals surface area contributed by atoms with Gasteiger partial charge in [-0.05, 0) is 24.6 Å². The number of rotatable bonds is 6. The van der Waals surface area contributed by atoms with Gasteiger partial charge in [0.15, 0.2) is 0 Å². The molecule has 6 nitrogen and oxygen atoms in total. The molecule has 1 aromatic heterocycles. The Bertz CT molecular complexity index is 628. The minimum atomic E-state index is -3.45. The van der Waals surface area contributed by atoms with Crippen LogP contribution in [-0.4, -0.2) is 30.1 Å². The predicted molar refractivity (Wildman–Crippen MR) is 74.0 cm³/mol. The van der Waals surface area contributed by atoms with Gasteiger partial charge in [-0.3, -0.25) is 5.10 Å². The molecule has 0 atom stereocenters. The second kappa shape index (κ2) is 6.27. The van der Waals surface area contributed by atoms with Crippen molar-refractivity contribution in [3.63, 3.8) is 0 Å². The second-order valence-electron chi connectivity index (χ2n) is 3.89. The van der Waals surface area contributed by atoms with Crippen molar-refractivity contribution in [1.82, 2.24) is 19.9 Å². The van der Waals surface area contributed by atoms with Gasteiger partial charge in [0.25, 0.3) is 0 Å². The summed E-state index contributed by atoms with van der Waals surface area (Å²) in [6, 6.07) is 6.60. The first kappa shape index (κ1) is 14.2. The quantitative estimate of drug-likeness (QED) is 0.777. The number of sulfonamides is 1. The number of H-pyrrole nitrogens is 1. The van der Waals surface area contributed by atoms with E-state index < -0.39 is 10.0 Å². The molecule has 2 N–H and O–H groups in total. The molecule has 0 fully saturated rings. The lowest BCUT2D eigenvalue weighted by Crippen LogP contribution is -2.25. The van der Waals surface area contributed by atoms with Crippen LogP contribution >= 0.6 is 15.9 Å². The van der Waals surface area contributed by atoms with Crippen molar-refractivity contribution < 1.29 is 8.42 Å². The molecule has 19 heavy (non-hydrogen) atoms. The van der Waals surface area contributed by atoms with E-state index in [0.717, 1.165) is 10.3 Å². The van der Waals surface area contributed by atoms with Gasteiger partial charge in [-0.2, -0.15) is 5.10 Å². The molecule has 0 aliphatic heterocycles. The van der Waals surface area contributed by atoms with Crippen molar-refractivity contribution in [3.8, 4) is 0 Å². The molecule has 1 aromatic carbocycles. The standard InChI is InChI=1S/C11H13BrN4O2S/c12-9-3-1-4-10(7-9)19(17,18)15-6-2-5-11-13-8-14-16-11/h1,3-4,7-8,15H,2,5-6H2,(H,13,14,16). The Kier molecular flexibility index (Phi) is 4.67. The van der Waals surface area contributed by atoms with Gasteiger partial charge in [-0.15, -0.1) is 0 Å². The van der Waals surface area contributed by atoms with E-state index in [1.54, 1.807) is 24.3 Å². The highest BCUT2D eigenvalue weighted by molar-refractivity contribution is 9.10. The highest BCUT2D eigenvalue weighted by Crippen LogP contribution is 2.15. The maximum atomic E-state index is 12.0. The van der Waals surface area contributed by atoms with Crippen LogP contribution < -0.4 is 4.72 Å². The smallest absolute Gasteiger partial charge is 0.240 e. The van der Waals surface area contributed by atoms with Crippen LogP contribution in [-0.2, 0) is 16.4 Å². The molecule has 8 heteroatoms. The van der Waals surface area contributed by atoms with Gasteiger partial charge in [0.05, 0.1) is 4.90 Å². The number of halogens is 1. The number of benzene rings is 1. The van der Waals surface area contributed by atoms with E-state index in [1.165, 1.54) is 6.33 Å². The Hall–Kier alpha value is -1.25. The monoisotopic (exact) mass is 344 g/mol. The van der Waals surface area contributed by atoms with Crippen LogP contribution in [0.3, 0.4) is 0 Å². The topological polar surface area (TPSA) is 87.7 Å². The van der Waals surface area contributed by atoms with Crippen LogP contribution in [0.1, 0.15) is 12.2 Å². The van der Waals surface area contributed by atoms with Crippen molar-refractivity contribution in [2.45, 2.75) is 17.7 Å². The maximum Gasteiger partial charge on any atom is 0.240 e. The number of aromatic nitrogens is 3. The third-order valence-electron chi connectivity index (χ3n) is 2.45. The first-order valence-electron chi connectivity index (χ1n) is 5.67. The summed E-state index contributed by atoms with van der Waals surface area (Å²) >= 11 is 3.25. The van der Waals surface area contributed by atoms with E-state index in [2.05, 4.69) is 35.8 Å². The van der Waals surface area contributed by atoms with Crippen LogP contribution in [0.5, 0.6) is 0 Å². The van der Waals surface area contributed by atoms with Gasteiger partial charge < -0.3 is 0 Å². The zero-order chi connectivity index (χ0) is 13.7. The predicted octanol–water partition coefficient (Wildman–Crippen LogP) is 1.48. The fraction of sp³-hybridized carbons (Fsp3) is 0.273. The molecule has 0 unspecified atom stereocenters. The van der Waals surface area contributed by atoms with E-state index in [0.29, 0.717) is 19.4 Å². The Morgan fingerprint density at radius 2 is 2.21 bits per heavy atom. The third kappa shape index (κ3) is 4.12. The van der Waals surface area contributed by atoms with E-state index in [1.807, 2.05) is 0 Å². The zero-order valence-corrected chi connectivity index (χ0v) is 12.4. The van der Waals surface area contributed by atoms with Crippen LogP contribution in [0.15, 0.2) is 40.0 Å². The van der Waals surface area contributed by atoms with Gasteiger partial charge in [0, 0.05) is 17.4 Å². The summed E-state index contributed by atoms with van der Waals surface area (Å²) < 4.78 is 27.2. The molecule has 0 aliphatic rings. The number of nitrogens with one attached hydrogen (secondary N) is 2. The number of aromatic amines is 1. The Morgan fingerprint density at radius 3 is 2.89 bits per heavy atom. The van der Waals surface area contributed by atoms with Crippen molar-refractivity contribution in [2.75, 3.05) is 6.54 Å². The first-order valence-corrected chi connectivity index (χ1v) is 7.95. The highest BCUT2D eigenvalue weighted by atomic mass is 79.9. The summed E-state index contributed by atoms with van der Waals surface area (Å²) in [5, 5.41) is 6.46. The molecule has 0 saturated heterocycles. The number of aryl methyl sites for hydroxylation is 1. The largest absolute Gasteiger partial charge is 0.263 e. The van der Waals surface area contributed by atoms with Crippen LogP contribution in [0, 0.1) is 0 Å². The summed E-state index contributed by atoms with van der Waals surface area (Å²) in [7, 11) is -3.45. The molecule has 0 saturated carbocycles. The van der Waals surface area contributed by atoms with Gasteiger partial charge in [-0.1, -0.05) is 22.0 Å². The SMILES string of the molecule is O=S(=O)(NCCCc1ncn[nH]1)c1cccc(Br)c1. The van der Waals surface area contributed by atoms with Crippen molar-refractivity contribution in [2.24, 2.45) is 0 Å². The Morgan fingerprint density at radius 1 is 1.37 bits per heavy atom. The summed E-state index contributed by atoms with van der Waals surface area (Å²) in [4.78, 5) is 4.22. The zero-order valence-electron chi connectivity index (χ0n) is 10.0. The lowest BCUT2D eigenvalue weighted by molar-refractivity contribution is 0.578. The molecule has 0 bridgehead atoms. The summed E-state index contributed by atoms with van der Waals surface area (Å²) in [6.45, 7) is 0.357. The van der Waals surface area contributed by atoms with Gasteiger partial charge in [0.1, 0.15) is 12.2 Å². The molecular weight excluding hydrogens is 332 g/mol. The molecule has 0 spiro atoms. The molecule has 0 amide bonds. The molecule has 2 aromatic rings. The number of hydrogen-bond donors (Lipinski definition) is 2. The van der Waals surface area contributed by atoms with Crippen LogP contribution in [0.25, 0.3) is 0 Å². The fourth-order valence-electron chi connectivity index (χ4n) is 1.53. The Labute approximate surface area is 119 Å². The van der Waals surface area contributed by atoms with Crippen LogP contribution in [0.2, 0.25) is 0 Å².